The predicted octanol–water partition coefficient (Wildman–Crippen LogP) is 3.29. The van der Waals surface area contributed by atoms with E-state index in [0.29, 0.717) is 12.0 Å². The van der Waals surface area contributed by atoms with E-state index in [-0.39, 0.29) is 19.7 Å². The van der Waals surface area contributed by atoms with Gasteiger partial charge in [-0.2, -0.15) is 8.42 Å². The zero-order chi connectivity index (χ0) is 17.2. The molecule has 2 aromatic carbocycles. The monoisotopic (exact) mass is 378 g/mol. The van der Waals surface area contributed by atoms with Crippen LogP contribution in [0.3, 0.4) is 0 Å². The van der Waals surface area contributed by atoms with Gasteiger partial charge in [-0.1, -0.05) is 59.3 Å². The van der Waals surface area contributed by atoms with Gasteiger partial charge in [-0.3, -0.25) is 9.36 Å². The highest BCUT2D eigenvalue weighted by atomic mass is 35.5. The van der Waals surface area contributed by atoms with Gasteiger partial charge in [0.1, 0.15) is 10.0 Å². The lowest BCUT2D eigenvalue weighted by Gasteiger charge is -2.04. The lowest BCUT2D eigenvalue weighted by molar-refractivity contribution is 0.112. The number of thiazole rings is 1. The number of aldehydes is 1. The van der Waals surface area contributed by atoms with E-state index >= 15 is 0 Å². The molecule has 0 aliphatic heterocycles. The predicted molar refractivity (Wildman–Crippen MR) is 93.2 cm³/mol. The Kier molecular flexibility index (Phi) is 4.66. The van der Waals surface area contributed by atoms with E-state index < -0.39 is 10.0 Å². The van der Waals surface area contributed by atoms with Crippen molar-refractivity contribution in [2.45, 2.75) is 4.90 Å². The Hall–Kier alpha value is -2.22. The van der Waals surface area contributed by atoms with Crippen molar-refractivity contribution in [3.05, 3.63) is 75.5 Å². The van der Waals surface area contributed by atoms with E-state index in [1.54, 1.807) is 42.5 Å². The zero-order valence-corrected chi connectivity index (χ0v) is 14.6. The van der Waals surface area contributed by atoms with Gasteiger partial charge in [0.2, 0.25) is 4.80 Å². The van der Waals surface area contributed by atoms with Crippen LogP contribution in [0.5, 0.6) is 0 Å². The number of sulfonamides is 1. The summed E-state index contributed by atoms with van der Waals surface area (Å²) in [6.45, 7) is 0. The minimum absolute atomic E-state index is 0.0711. The summed E-state index contributed by atoms with van der Waals surface area (Å²) in [6, 6.07) is 16.8. The van der Waals surface area contributed by atoms with Crippen LogP contribution >= 0.6 is 22.9 Å². The van der Waals surface area contributed by atoms with E-state index in [0.717, 1.165) is 11.3 Å². The van der Waals surface area contributed by atoms with E-state index in [2.05, 4.69) is 4.40 Å². The summed E-state index contributed by atoms with van der Waals surface area (Å²) in [5.41, 5.74) is 0.619. The molecular weight excluding hydrogens is 368 g/mol. The second-order valence-electron chi connectivity index (χ2n) is 4.71. The normalized spacial score (nSPS) is 12.3. The second-order valence-corrected chi connectivity index (χ2v) is 7.68. The van der Waals surface area contributed by atoms with Crippen LogP contribution in [0.4, 0.5) is 0 Å². The van der Waals surface area contributed by atoms with Gasteiger partial charge in [0.15, 0.2) is 6.29 Å². The van der Waals surface area contributed by atoms with E-state index in [1.807, 2.05) is 6.07 Å². The largest absolute Gasteiger partial charge is 0.297 e. The van der Waals surface area contributed by atoms with E-state index in [1.165, 1.54) is 16.7 Å². The molecule has 0 spiro atoms. The summed E-state index contributed by atoms with van der Waals surface area (Å²) in [6.07, 6.45) is 0.584. The SMILES string of the molecule is O=Cc1s/c(=N\S(=O)(=O)c2ccccc2)n(-c2ccccc2)c1Cl. The van der Waals surface area contributed by atoms with Crippen LogP contribution < -0.4 is 4.80 Å². The fourth-order valence-electron chi connectivity index (χ4n) is 2.06. The first-order valence-corrected chi connectivity index (χ1v) is 9.44. The third kappa shape index (κ3) is 3.19. The van der Waals surface area contributed by atoms with E-state index in [4.69, 9.17) is 11.6 Å². The molecule has 0 bridgehead atoms. The van der Waals surface area contributed by atoms with Gasteiger partial charge in [-0.25, -0.2) is 0 Å². The number of aromatic nitrogens is 1. The molecule has 1 heterocycles. The second kappa shape index (κ2) is 6.72. The van der Waals surface area contributed by atoms with Crippen molar-refractivity contribution in [3.8, 4) is 5.69 Å². The molecule has 0 atom stereocenters. The average molecular weight is 379 g/mol. The van der Waals surface area contributed by atoms with Gasteiger partial charge in [0.25, 0.3) is 10.0 Å². The third-order valence-electron chi connectivity index (χ3n) is 3.15. The highest BCUT2D eigenvalue weighted by Gasteiger charge is 2.17. The van der Waals surface area contributed by atoms with Crippen LogP contribution in [0.25, 0.3) is 5.69 Å². The van der Waals surface area contributed by atoms with Crippen molar-refractivity contribution in [1.82, 2.24) is 4.57 Å². The van der Waals surface area contributed by atoms with Gasteiger partial charge in [-0.05, 0) is 24.3 Å². The fourth-order valence-corrected chi connectivity index (χ4v) is 4.49. The van der Waals surface area contributed by atoms with Crippen LogP contribution in [0, 0.1) is 0 Å². The van der Waals surface area contributed by atoms with Gasteiger partial charge >= 0.3 is 0 Å². The molecule has 0 N–H and O–H groups in total. The number of para-hydroxylation sites is 1. The van der Waals surface area contributed by atoms with Crippen LogP contribution in [-0.2, 0) is 10.0 Å². The first-order chi connectivity index (χ1) is 11.5. The molecule has 0 saturated carbocycles. The molecule has 24 heavy (non-hydrogen) atoms. The van der Waals surface area contributed by atoms with Crippen molar-refractivity contribution in [2.75, 3.05) is 0 Å². The van der Waals surface area contributed by atoms with Crippen molar-refractivity contribution in [2.24, 2.45) is 4.40 Å². The maximum absolute atomic E-state index is 12.5. The Morgan fingerprint density at radius 3 is 2.17 bits per heavy atom. The molecule has 1 aromatic heterocycles. The number of hydrogen-bond donors (Lipinski definition) is 0. The van der Waals surface area contributed by atoms with Crippen molar-refractivity contribution < 1.29 is 13.2 Å². The number of benzene rings is 2. The maximum atomic E-state index is 12.5. The van der Waals surface area contributed by atoms with Gasteiger partial charge in [0, 0.05) is 5.69 Å². The lowest BCUT2D eigenvalue weighted by atomic mass is 10.3. The molecular formula is C16H11ClN2O3S2. The number of hydrogen-bond acceptors (Lipinski definition) is 4. The summed E-state index contributed by atoms with van der Waals surface area (Å²) in [5.74, 6) is 0. The number of rotatable bonds is 4. The quantitative estimate of drug-likeness (QED) is 0.654. The molecule has 0 saturated heterocycles. The number of carbonyl (C=O) groups is 1. The van der Waals surface area contributed by atoms with Crippen LogP contribution in [-0.4, -0.2) is 19.3 Å². The number of carbonyl (C=O) groups excluding carboxylic acids is 1. The Labute approximate surface area is 147 Å². The minimum Gasteiger partial charge on any atom is -0.297 e. The highest BCUT2D eigenvalue weighted by Crippen LogP contribution is 2.22. The first kappa shape index (κ1) is 16.6. The molecule has 3 aromatic rings. The van der Waals surface area contributed by atoms with E-state index in [9.17, 15) is 13.2 Å². The van der Waals surface area contributed by atoms with Gasteiger partial charge in [0.05, 0.1) is 4.90 Å². The standard InChI is InChI=1S/C16H11ClN2O3S2/c17-15-14(11-20)23-16(19(15)12-7-3-1-4-8-12)18-24(21,22)13-9-5-2-6-10-13/h1-11H/b18-16-. The number of nitrogens with zero attached hydrogens (tertiary/aromatic N) is 2. The van der Waals surface area contributed by atoms with Gasteiger partial charge < -0.3 is 0 Å². The van der Waals surface area contributed by atoms with Crippen molar-refractivity contribution in [1.29, 1.82) is 0 Å². The van der Waals surface area contributed by atoms with Crippen LogP contribution in [0.1, 0.15) is 9.67 Å². The van der Waals surface area contributed by atoms with Crippen LogP contribution in [0.15, 0.2) is 70.0 Å². The molecule has 0 aliphatic carbocycles. The average Bonchev–Trinajstić information content (AvgIpc) is 2.91. The highest BCUT2D eigenvalue weighted by molar-refractivity contribution is 7.90. The van der Waals surface area contributed by atoms with Crippen molar-refractivity contribution in [3.63, 3.8) is 0 Å². The molecule has 0 radical (unpaired) electrons. The Bertz CT molecular complexity index is 1040. The Balaban J connectivity index is 2.27. The summed E-state index contributed by atoms with van der Waals surface area (Å²) in [7, 11) is -3.92. The van der Waals surface area contributed by atoms with Crippen molar-refractivity contribution >= 4 is 39.2 Å². The topological polar surface area (TPSA) is 68.5 Å². The Morgan fingerprint density at radius 1 is 1.00 bits per heavy atom. The molecule has 0 fully saturated rings. The first-order valence-electron chi connectivity index (χ1n) is 6.81. The Morgan fingerprint density at radius 2 is 1.58 bits per heavy atom. The van der Waals surface area contributed by atoms with Gasteiger partial charge in [-0.15, -0.1) is 4.40 Å². The molecule has 8 heteroatoms. The molecule has 3 rings (SSSR count). The third-order valence-corrected chi connectivity index (χ3v) is 6.00. The summed E-state index contributed by atoms with van der Waals surface area (Å²) < 4.78 is 30.3. The van der Waals surface area contributed by atoms with Crippen LogP contribution in [0.2, 0.25) is 5.15 Å². The number of halogens is 1. The molecule has 122 valence electrons. The molecule has 0 aliphatic rings. The molecule has 0 unspecified atom stereocenters. The molecule has 0 amide bonds. The zero-order valence-electron chi connectivity index (χ0n) is 12.2. The minimum atomic E-state index is -3.92. The summed E-state index contributed by atoms with van der Waals surface area (Å²) >= 11 is 7.15. The lowest BCUT2D eigenvalue weighted by Crippen LogP contribution is -2.15. The fraction of sp³-hybridized carbons (Fsp3) is 0. The summed E-state index contributed by atoms with van der Waals surface area (Å²) in [4.78, 5) is 11.6. The maximum Gasteiger partial charge on any atom is 0.285 e. The smallest absolute Gasteiger partial charge is 0.285 e. The molecule has 5 nitrogen and oxygen atoms in total. The summed E-state index contributed by atoms with van der Waals surface area (Å²) in [5, 5.41) is 0.128.